The number of rotatable bonds is 9. The van der Waals surface area contributed by atoms with Crippen LogP contribution in [0.1, 0.15) is 48.7 Å². The number of halogens is 2. The molecular weight excluding hydrogens is 503 g/mol. The molecule has 3 rings (SSSR count). The number of carbonyl (C=O) groups is 2. The maximum absolute atomic E-state index is 12.9. The maximum atomic E-state index is 12.9. The van der Waals surface area contributed by atoms with Crippen LogP contribution >= 0.6 is 46.3 Å². The Balaban J connectivity index is 1.72. The van der Waals surface area contributed by atoms with Crippen molar-refractivity contribution in [3.63, 3.8) is 0 Å². The molecule has 0 aliphatic rings. The van der Waals surface area contributed by atoms with Crippen molar-refractivity contribution >= 4 is 63.2 Å². The zero-order valence-electron chi connectivity index (χ0n) is 18.6. The van der Waals surface area contributed by atoms with Crippen LogP contribution in [-0.4, -0.2) is 37.3 Å². The van der Waals surface area contributed by atoms with Crippen molar-refractivity contribution in [2.75, 3.05) is 11.1 Å². The van der Waals surface area contributed by atoms with Crippen molar-refractivity contribution in [3.05, 3.63) is 50.7 Å². The number of thiazole rings is 1. The van der Waals surface area contributed by atoms with E-state index in [4.69, 9.17) is 23.2 Å². The van der Waals surface area contributed by atoms with Crippen LogP contribution < -0.4 is 10.6 Å². The Kier molecular flexibility index (Phi) is 8.75. The van der Waals surface area contributed by atoms with E-state index in [0.29, 0.717) is 38.3 Å². The Hall–Kier alpha value is -2.14. The highest BCUT2D eigenvalue weighted by atomic mass is 35.5. The van der Waals surface area contributed by atoms with Gasteiger partial charge in [0.1, 0.15) is 0 Å². The van der Waals surface area contributed by atoms with Gasteiger partial charge in [-0.25, -0.2) is 4.98 Å². The third-order valence-corrected chi connectivity index (χ3v) is 7.25. The van der Waals surface area contributed by atoms with Gasteiger partial charge in [0.2, 0.25) is 5.91 Å². The molecular formula is C21H24Cl2N6O2S2. The number of hydrogen-bond acceptors (Lipinski definition) is 7. The lowest BCUT2D eigenvalue weighted by molar-refractivity contribution is -0.113. The summed E-state index contributed by atoms with van der Waals surface area (Å²) in [6.07, 6.45) is 0. The van der Waals surface area contributed by atoms with Gasteiger partial charge in [-0.3, -0.25) is 9.59 Å². The minimum absolute atomic E-state index is 0.0421. The smallest absolute Gasteiger partial charge is 0.251 e. The molecule has 12 heteroatoms. The van der Waals surface area contributed by atoms with Crippen LogP contribution in [0.3, 0.4) is 0 Å². The normalized spacial score (nSPS) is 12.1. The lowest BCUT2D eigenvalue weighted by Gasteiger charge is -2.22. The van der Waals surface area contributed by atoms with Gasteiger partial charge in [0.05, 0.1) is 27.5 Å². The standard InChI is InChI=1S/C21H24Cl2N6O2S2/c1-5-29-18(17(11(2)3)26-19(31)13-6-7-14(22)15(23)8-13)27-28-21(29)33-10-16(30)25-20-24-12(4)9-32-20/h6-9,11,17H,5,10H2,1-4H3,(H,26,31)(H,24,25,30)/t17-/m0/s1. The number of nitrogens with zero attached hydrogens (tertiary/aromatic N) is 4. The van der Waals surface area contributed by atoms with E-state index in [0.717, 1.165) is 5.69 Å². The summed E-state index contributed by atoms with van der Waals surface area (Å²) in [5.41, 5.74) is 1.27. The Morgan fingerprint density at radius 3 is 2.58 bits per heavy atom. The number of thioether (sulfide) groups is 1. The van der Waals surface area contributed by atoms with Gasteiger partial charge in [0.25, 0.3) is 5.91 Å². The third-order valence-electron chi connectivity index (χ3n) is 4.67. The second-order valence-corrected chi connectivity index (χ2v) is 10.2. The van der Waals surface area contributed by atoms with Gasteiger partial charge < -0.3 is 15.2 Å². The van der Waals surface area contributed by atoms with Crippen molar-refractivity contribution in [1.82, 2.24) is 25.1 Å². The number of aromatic nitrogens is 4. The molecule has 33 heavy (non-hydrogen) atoms. The Labute approximate surface area is 210 Å². The lowest BCUT2D eigenvalue weighted by atomic mass is 10.0. The topological polar surface area (TPSA) is 102 Å². The zero-order valence-corrected chi connectivity index (χ0v) is 21.7. The molecule has 1 atom stereocenters. The first-order valence-corrected chi connectivity index (χ1v) is 12.9. The summed E-state index contributed by atoms with van der Waals surface area (Å²) >= 11 is 14.7. The SMILES string of the molecule is CCn1c(SCC(=O)Nc2nc(C)cs2)nnc1[C@@H](NC(=O)c1ccc(Cl)c(Cl)c1)C(C)C. The van der Waals surface area contributed by atoms with Crippen LogP contribution in [0.25, 0.3) is 0 Å². The number of benzene rings is 1. The van der Waals surface area contributed by atoms with Crippen LogP contribution in [0.2, 0.25) is 10.0 Å². The molecule has 0 aliphatic carbocycles. The van der Waals surface area contributed by atoms with Crippen molar-refractivity contribution in [3.8, 4) is 0 Å². The van der Waals surface area contributed by atoms with E-state index in [-0.39, 0.29) is 29.5 Å². The fourth-order valence-electron chi connectivity index (χ4n) is 3.02. The average Bonchev–Trinajstić information content (AvgIpc) is 3.37. The molecule has 0 aliphatic heterocycles. The van der Waals surface area contributed by atoms with Crippen LogP contribution in [-0.2, 0) is 11.3 Å². The van der Waals surface area contributed by atoms with E-state index in [9.17, 15) is 9.59 Å². The van der Waals surface area contributed by atoms with Crippen LogP contribution in [0.4, 0.5) is 5.13 Å². The highest BCUT2D eigenvalue weighted by Crippen LogP contribution is 2.27. The molecule has 2 aromatic heterocycles. The van der Waals surface area contributed by atoms with Crippen LogP contribution in [0.15, 0.2) is 28.7 Å². The molecule has 0 radical (unpaired) electrons. The van der Waals surface area contributed by atoms with E-state index < -0.39 is 0 Å². The molecule has 0 fully saturated rings. The maximum Gasteiger partial charge on any atom is 0.251 e. The first-order valence-electron chi connectivity index (χ1n) is 10.2. The summed E-state index contributed by atoms with van der Waals surface area (Å²) in [7, 11) is 0. The summed E-state index contributed by atoms with van der Waals surface area (Å²) in [5, 5.41) is 18.2. The third kappa shape index (κ3) is 6.47. The molecule has 0 unspecified atom stereocenters. The molecule has 3 aromatic rings. The number of hydrogen-bond donors (Lipinski definition) is 2. The zero-order chi connectivity index (χ0) is 24.1. The van der Waals surface area contributed by atoms with Gasteiger partial charge in [0.15, 0.2) is 16.1 Å². The summed E-state index contributed by atoms with van der Waals surface area (Å²) < 4.78 is 1.91. The molecule has 1 aromatic carbocycles. The first-order chi connectivity index (χ1) is 15.7. The minimum Gasteiger partial charge on any atom is -0.342 e. The molecule has 0 spiro atoms. The van der Waals surface area contributed by atoms with E-state index >= 15 is 0 Å². The second kappa shape index (κ2) is 11.3. The van der Waals surface area contributed by atoms with Crippen molar-refractivity contribution in [2.45, 2.75) is 45.4 Å². The quantitative estimate of drug-likeness (QED) is 0.370. The van der Waals surface area contributed by atoms with Crippen LogP contribution in [0.5, 0.6) is 0 Å². The van der Waals surface area contributed by atoms with Gasteiger partial charge in [-0.2, -0.15) is 0 Å². The summed E-state index contributed by atoms with van der Waals surface area (Å²) in [6.45, 7) is 8.41. The molecule has 0 bridgehead atoms. The first kappa shape index (κ1) is 25.5. The minimum atomic E-state index is -0.388. The number of amides is 2. The van der Waals surface area contributed by atoms with Gasteiger partial charge in [0, 0.05) is 17.5 Å². The van der Waals surface area contributed by atoms with Crippen molar-refractivity contribution in [1.29, 1.82) is 0 Å². The largest absolute Gasteiger partial charge is 0.342 e. The average molecular weight is 528 g/mol. The molecule has 0 saturated carbocycles. The van der Waals surface area contributed by atoms with Crippen molar-refractivity contribution in [2.24, 2.45) is 5.92 Å². The summed E-state index contributed by atoms with van der Waals surface area (Å²) in [4.78, 5) is 29.4. The second-order valence-electron chi connectivity index (χ2n) is 7.54. The van der Waals surface area contributed by atoms with Gasteiger partial charge in [-0.15, -0.1) is 21.5 Å². The van der Waals surface area contributed by atoms with E-state index in [2.05, 4.69) is 25.8 Å². The molecule has 176 valence electrons. The Bertz CT molecular complexity index is 1150. The van der Waals surface area contributed by atoms with Crippen LogP contribution in [0, 0.1) is 12.8 Å². The molecule has 2 heterocycles. The Morgan fingerprint density at radius 2 is 1.97 bits per heavy atom. The molecule has 0 saturated heterocycles. The molecule has 8 nitrogen and oxygen atoms in total. The molecule has 2 amide bonds. The lowest BCUT2D eigenvalue weighted by Crippen LogP contribution is -2.33. The predicted molar refractivity (Wildman–Crippen MR) is 133 cm³/mol. The van der Waals surface area contributed by atoms with E-state index in [1.54, 1.807) is 12.1 Å². The van der Waals surface area contributed by atoms with E-state index in [1.807, 2.05) is 37.6 Å². The fourth-order valence-corrected chi connectivity index (χ4v) is 4.83. The predicted octanol–water partition coefficient (Wildman–Crippen LogP) is 5.23. The Morgan fingerprint density at radius 1 is 1.21 bits per heavy atom. The monoisotopic (exact) mass is 526 g/mol. The van der Waals surface area contributed by atoms with Gasteiger partial charge in [-0.05, 0) is 38.0 Å². The molecule has 2 N–H and O–H groups in total. The summed E-state index contributed by atoms with van der Waals surface area (Å²) in [5.74, 6) is 0.374. The van der Waals surface area contributed by atoms with Gasteiger partial charge >= 0.3 is 0 Å². The number of aryl methyl sites for hydroxylation is 1. The van der Waals surface area contributed by atoms with Gasteiger partial charge in [-0.1, -0.05) is 48.8 Å². The summed E-state index contributed by atoms with van der Waals surface area (Å²) in [6, 6.07) is 4.35. The van der Waals surface area contributed by atoms with Crippen molar-refractivity contribution < 1.29 is 9.59 Å². The number of carbonyl (C=O) groups excluding carboxylic acids is 2. The highest BCUT2D eigenvalue weighted by molar-refractivity contribution is 7.99. The number of nitrogens with one attached hydrogen (secondary N) is 2. The number of anilines is 1. The van der Waals surface area contributed by atoms with E-state index in [1.165, 1.54) is 29.2 Å². The highest BCUT2D eigenvalue weighted by Gasteiger charge is 2.26. The fraction of sp³-hybridized carbons (Fsp3) is 0.381.